The van der Waals surface area contributed by atoms with Crippen LogP contribution in [0.5, 0.6) is 0 Å². The summed E-state index contributed by atoms with van der Waals surface area (Å²) < 4.78 is 0. The van der Waals surface area contributed by atoms with Crippen molar-refractivity contribution in [2.75, 3.05) is 7.05 Å². The van der Waals surface area contributed by atoms with E-state index in [9.17, 15) is 19.2 Å². The van der Waals surface area contributed by atoms with Crippen molar-refractivity contribution in [3.8, 4) is 0 Å². The van der Waals surface area contributed by atoms with E-state index in [1.807, 2.05) is 10.6 Å². The molecule has 0 aliphatic carbocycles. The van der Waals surface area contributed by atoms with Gasteiger partial charge in [0.2, 0.25) is 5.91 Å². The lowest BCUT2D eigenvalue weighted by atomic mass is 9.91. The molecule has 132 valence electrons. The van der Waals surface area contributed by atoms with Gasteiger partial charge >= 0.3 is 6.03 Å². The van der Waals surface area contributed by atoms with E-state index < -0.39 is 23.8 Å². The molecule has 1 aliphatic heterocycles. The number of rotatable bonds is 3. The molecule has 1 aliphatic rings. The number of imide groups is 2. The fourth-order valence-electron chi connectivity index (χ4n) is 2.63. The average molecular weight is 352 g/mol. The van der Waals surface area contributed by atoms with Gasteiger partial charge < -0.3 is 5.32 Å². The molecule has 0 radical (unpaired) electrons. The Hall–Kier alpha value is -3.73. The molecule has 26 heavy (non-hydrogen) atoms. The quantitative estimate of drug-likeness (QED) is 0.432. The predicted molar refractivity (Wildman–Crippen MR) is 94.0 cm³/mol. The highest BCUT2D eigenvalue weighted by atomic mass is 16.2. The third-order valence-corrected chi connectivity index (χ3v) is 3.93. The molecule has 3 N–H and O–H groups in total. The number of hydrogen-bond acceptors (Lipinski definition) is 4. The van der Waals surface area contributed by atoms with E-state index in [1.165, 1.54) is 7.05 Å². The first-order valence-corrected chi connectivity index (χ1v) is 7.59. The topological polar surface area (TPSA) is 109 Å². The third kappa shape index (κ3) is 3.37. The van der Waals surface area contributed by atoms with Crippen molar-refractivity contribution in [2.45, 2.75) is 13.8 Å². The minimum Gasteiger partial charge on any atom is -0.364 e. The van der Waals surface area contributed by atoms with Crippen molar-refractivity contribution in [1.82, 2.24) is 16.0 Å². The number of carbonyl (C=O) groups excluding carboxylic acids is 4. The van der Waals surface area contributed by atoms with Crippen LogP contribution >= 0.6 is 0 Å². The second kappa shape index (κ2) is 7.44. The summed E-state index contributed by atoms with van der Waals surface area (Å²) >= 11 is 0. The van der Waals surface area contributed by atoms with E-state index in [0.717, 1.165) is 0 Å². The molecule has 0 aromatic heterocycles. The van der Waals surface area contributed by atoms with Crippen LogP contribution in [0.15, 0.2) is 35.5 Å². The van der Waals surface area contributed by atoms with Crippen molar-refractivity contribution in [3.05, 3.63) is 58.1 Å². The number of amides is 5. The first kappa shape index (κ1) is 18.6. The van der Waals surface area contributed by atoms with Crippen LogP contribution in [0.2, 0.25) is 0 Å². The maximum atomic E-state index is 12.1. The Balaban J connectivity index is 2.69. The van der Waals surface area contributed by atoms with Gasteiger partial charge in [-0.1, -0.05) is 24.3 Å². The molecule has 1 fully saturated rings. The fourth-order valence-corrected chi connectivity index (χ4v) is 2.63. The molecule has 1 aromatic carbocycles. The van der Waals surface area contributed by atoms with Crippen molar-refractivity contribution in [1.29, 1.82) is 0 Å². The van der Waals surface area contributed by atoms with Crippen LogP contribution < -0.4 is 16.0 Å². The Morgan fingerprint density at radius 3 is 2.08 bits per heavy atom. The Bertz CT molecular complexity index is 913. The highest BCUT2D eigenvalue weighted by Crippen LogP contribution is 2.30. The summed E-state index contributed by atoms with van der Waals surface area (Å²) in [5.74, 6) is -2.13. The Kier molecular flexibility index (Phi) is 5.33. The number of benzene rings is 1. The second-order valence-electron chi connectivity index (χ2n) is 5.45. The number of barbiturate groups is 1. The third-order valence-electron chi connectivity index (χ3n) is 3.93. The maximum absolute atomic E-state index is 12.1. The molecule has 0 atom stereocenters. The summed E-state index contributed by atoms with van der Waals surface area (Å²) in [4.78, 5) is 50.6. The summed E-state index contributed by atoms with van der Waals surface area (Å²) in [7, 11) is 1.42. The molecule has 1 heterocycles. The minimum atomic E-state index is -0.879. The number of nitrogens with zero attached hydrogens (tertiary/aromatic N) is 1. The summed E-state index contributed by atoms with van der Waals surface area (Å²) in [6.07, 6.45) is 0. The summed E-state index contributed by atoms with van der Waals surface area (Å²) in [5, 5.41) is 6.47. The Labute approximate surface area is 149 Å². The van der Waals surface area contributed by atoms with E-state index in [0.29, 0.717) is 22.3 Å². The Morgan fingerprint density at radius 1 is 1.04 bits per heavy atom. The molecule has 8 heteroatoms. The lowest BCUT2D eigenvalue weighted by Gasteiger charge is -2.19. The van der Waals surface area contributed by atoms with E-state index in [4.69, 9.17) is 6.57 Å². The highest BCUT2D eigenvalue weighted by Gasteiger charge is 2.30. The van der Waals surface area contributed by atoms with Crippen LogP contribution in [0, 0.1) is 6.57 Å². The maximum Gasteiger partial charge on any atom is 0.328 e. The van der Waals surface area contributed by atoms with E-state index in [2.05, 4.69) is 10.2 Å². The molecular weight excluding hydrogens is 336 g/mol. The smallest absolute Gasteiger partial charge is 0.328 e. The lowest BCUT2D eigenvalue weighted by molar-refractivity contribution is -0.124. The van der Waals surface area contributed by atoms with Gasteiger partial charge in [0.25, 0.3) is 17.5 Å². The molecular formula is C18H16N4O4. The van der Waals surface area contributed by atoms with Crippen LogP contribution in [0.4, 0.5) is 4.79 Å². The first-order chi connectivity index (χ1) is 12.3. The molecule has 8 nitrogen and oxygen atoms in total. The number of allylic oxidation sites excluding steroid dienone is 2. The number of hydrogen-bond donors (Lipinski definition) is 3. The normalized spacial score (nSPS) is 14.7. The zero-order chi connectivity index (χ0) is 19.4. The fraction of sp³-hybridized carbons (Fsp3) is 0.167. The van der Waals surface area contributed by atoms with Gasteiger partial charge in [-0.25, -0.2) is 9.64 Å². The van der Waals surface area contributed by atoms with Gasteiger partial charge in [0.15, 0.2) is 0 Å². The van der Waals surface area contributed by atoms with Crippen molar-refractivity contribution in [2.24, 2.45) is 0 Å². The Morgan fingerprint density at radius 2 is 1.58 bits per heavy atom. The zero-order valence-electron chi connectivity index (χ0n) is 14.4. The first-order valence-electron chi connectivity index (χ1n) is 7.59. The van der Waals surface area contributed by atoms with Crippen LogP contribution in [-0.2, 0) is 14.4 Å². The van der Waals surface area contributed by atoms with Crippen LogP contribution in [0.25, 0.3) is 16.0 Å². The zero-order valence-corrected chi connectivity index (χ0v) is 14.4. The van der Waals surface area contributed by atoms with Crippen molar-refractivity contribution >= 4 is 34.9 Å². The van der Waals surface area contributed by atoms with Gasteiger partial charge in [-0.15, -0.1) is 0 Å². The predicted octanol–water partition coefficient (Wildman–Crippen LogP) is 1.22. The lowest BCUT2D eigenvalue weighted by Crippen LogP contribution is -2.51. The van der Waals surface area contributed by atoms with Crippen molar-refractivity contribution < 1.29 is 19.2 Å². The molecule has 0 spiro atoms. The molecule has 2 rings (SSSR count). The van der Waals surface area contributed by atoms with E-state index in [1.54, 1.807) is 38.1 Å². The number of carbonyl (C=O) groups is 4. The average Bonchev–Trinajstić information content (AvgIpc) is 2.61. The largest absolute Gasteiger partial charge is 0.364 e. The minimum absolute atomic E-state index is 0.0922. The molecule has 0 unspecified atom stereocenters. The molecule has 0 saturated carbocycles. The summed E-state index contributed by atoms with van der Waals surface area (Å²) in [6.45, 7) is 10.4. The molecule has 1 saturated heterocycles. The van der Waals surface area contributed by atoms with Gasteiger partial charge in [0.05, 0.1) is 6.57 Å². The molecule has 5 amide bonds. The number of likely N-dealkylation sites (N-methyl/N-ethyl adjacent to an activating group) is 1. The van der Waals surface area contributed by atoms with Crippen LogP contribution in [-0.4, -0.2) is 30.8 Å². The number of nitrogens with one attached hydrogen (secondary N) is 3. The molecule has 0 bridgehead atoms. The SMILES string of the molecule is [C-]#[N+]/C(C(=O)NC)=C(/C)c1ccccc1C(C)=C1C(=O)NC(=O)NC1=O. The van der Waals surface area contributed by atoms with Gasteiger partial charge in [-0.3, -0.25) is 25.0 Å². The van der Waals surface area contributed by atoms with E-state index >= 15 is 0 Å². The summed E-state index contributed by atoms with van der Waals surface area (Å²) in [5.41, 5.74) is 1.47. The number of urea groups is 1. The standard InChI is InChI=1S/C18H16N4O4/c1-9(13-15(23)21-18(26)22-16(13)24)11-7-5-6-8-12(11)10(2)14(19-3)17(25)20-4/h5-8H,1-2,4H3,(H,20,25)(H2,21,22,23,24,26)/b14-10-. The van der Waals surface area contributed by atoms with Gasteiger partial charge in [0.1, 0.15) is 5.57 Å². The van der Waals surface area contributed by atoms with Crippen molar-refractivity contribution in [3.63, 3.8) is 0 Å². The highest BCUT2D eigenvalue weighted by molar-refractivity contribution is 6.32. The summed E-state index contributed by atoms with van der Waals surface area (Å²) in [6, 6.07) is 5.90. The van der Waals surface area contributed by atoms with E-state index in [-0.39, 0.29) is 11.3 Å². The van der Waals surface area contributed by atoms with Gasteiger partial charge in [-0.2, -0.15) is 0 Å². The van der Waals surface area contributed by atoms with Crippen LogP contribution in [0.1, 0.15) is 25.0 Å². The van der Waals surface area contributed by atoms with Crippen LogP contribution in [0.3, 0.4) is 0 Å². The van der Waals surface area contributed by atoms with Gasteiger partial charge in [0, 0.05) is 7.05 Å². The monoisotopic (exact) mass is 352 g/mol. The molecule has 1 aromatic rings. The van der Waals surface area contributed by atoms with Gasteiger partial charge in [-0.05, 0) is 36.1 Å². The second-order valence-corrected chi connectivity index (χ2v) is 5.45.